The van der Waals surface area contributed by atoms with E-state index >= 15 is 0 Å². The monoisotopic (exact) mass is 490 g/mol. The molecule has 9 nitrogen and oxygen atoms in total. The van der Waals surface area contributed by atoms with Gasteiger partial charge >= 0.3 is 0 Å². The minimum atomic E-state index is -3.11. The number of nitrogen functional groups attached to an aromatic ring is 1. The second-order valence-corrected chi connectivity index (χ2v) is 11.7. The molecule has 0 bridgehead atoms. The zero-order chi connectivity index (χ0) is 24.2. The van der Waals surface area contributed by atoms with Crippen molar-refractivity contribution in [3.63, 3.8) is 0 Å². The van der Waals surface area contributed by atoms with Gasteiger partial charge in [-0.2, -0.15) is 14.6 Å². The third-order valence-corrected chi connectivity index (χ3v) is 9.52. The van der Waals surface area contributed by atoms with Gasteiger partial charge in [-0.25, -0.2) is 12.7 Å². The normalized spacial score (nSPS) is 17.8. The van der Waals surface area contributed by atoms with Crippen LogP contribution in [0.15, 0.2) is 42.7 Å². The molecule has 0 unspecified atom stereocenters. The van der Waals surface area contributed by atoms with Crippen LogP contribution in [0.25, 0.3) is 27.7 Å². The zero-order valence-electron chi connectivity index (χ0n) is 19.6. The predicted molar refractivity (Wildman–Crippen MR) is 138 cm³/mol. The summed E-state index contributed by atoms with van der Waals surface area (Å²) in [6.07, 6.45) is 6.73. The van der Waals surface area contributed by atoms with Gasteiger partial charge in [0.2, 0.25) is 15.9 Å². The molecule has 0 radical (unpaired) electrons. The summed E-state index contributed by atoms with van der Waals surface area (Å²) in [5.41, 5.74) is 10.4. The molecule has 1 aromatic carbocycles. The van der Waals surface area contributed by atoms with Crippen molar-refractivity contribution in [3.05, 3.63) is 42.7 Å². The molecular weight excluding hydrogens is 463 g/mol. The lowest BCUT2D eigenvalue weighted by molar-refractivity contribution is 0.182. The predicted octanol–water partition coefficient (Wildman–Crippen LogP) is 1.37. The molecule has 180 valence electrons. The highest BCUT2D eigenvalue weighted by Crippen LogP contribution is 2.33. The van der Waals surface area contributed by atoms with E-state index in [9.17, 15) is 8.42 Å². The fourth-order valence-corrected chi connectivity index (χ4v) is 6.61. The van der Waals surface area contributed by atoms with Gasteiger partial charge in [0.05, 0.1) is 23.6 Å². The molecule has 3 aromatic heterocycles. The average molecular weight is 490 g/mol. The highest BCUT2D eigenvalue weighted by atomic mass is 32.2. The summed E-state index contributed by atoms with van der Waals surface area (Å²) in [7, 11) is -1.23. The zero-order valence-corrected chi connectivity index (χ0v) is 20.4. The lowest BCUT2D eigenvalue weighted by Crippen LogP contribution is -2.41. The number of nitrogens with two attached hydrogens (primary N) is 1. The second-order valence-electron chi connectivity index (χ2n) is 9.54. The number of hydrogen-bond donors (Lipinski definition) is 1. The molecule has 6 rings (SSSR count). The van der Waals surface area contributed by atoms with Crippen molar-refractivity contribution >= 4 is 45.7 Å². The second kappa shape index (κ2) is 8.49. The summed E-state index contributed by atoms with van der Waals surface area (Å²) in [4.78, 5) is 9.35. The minimum absolute atomic E-state index is 0.153. The van der Waals surface area contributed by atoms with Crippen LogP contribution in [0.5, 0.6) is 5.88 Å². The molecule has 1 saturated carbocycles. The fraction of sp³-hybridized carbons (Fsp3) is 0.375. The number of fused-ring (bicyclic) bond motifs is 2. The van der Waals surface area contributed by atoms with E-state index < -0.39 is 10.0 Å². The Labute approximate surface area is 204 Å². The molecule has 4 aromatic rings. The van der Waals surface area contributed by atoms with Crippen LogP contribution in [-0.4, -0.2) is 65.1 Å². The number of pyridine rings is 1. The Hall–Kier alpha value is -3.18. The maximum Gasteiger partial charge on any atom is 0.216 e. The highest BCUT2D eigenvalue weighted by molar-refractivity contribution is 7.90. The van der Waals surface area contributed by atoms with Crippen LogP contribution in [0, 0.1) is 5.92 Å². The van der Waals surface area contributed by atoms with Crippen molar-refractivity contribution in [1.29, 1.82) is 0 Å². The number of benzene rings is 1. The van der Waals surface area contributed by atoms with Crippen LogP contribution in [-0.2, 0) is 10.0 Å². The van der Waals surface area contributed by atoms with Gasteiger partial charge in [0, 0.05) is 41.3 Å². The third-order valence-electron chi connectivity index (χ3n) is 7.12. The highest BCUT2D eigenvalue weighted by Gasteiger charge is 2.41. The lowest BCUT2D eigenvalue weighted by Gasteiger charge is -2.31. The maximum absolute atomic E-state index is 12.5. The summed E-state index contributed by atoms with van der Waals surface area (Å²) in [6, 6.07) is 10.0. The van der Waals surface area contributed by atoms with Crippen molar-refractivity contribution in [1.82, 2.24) is 23.9 Å². The number of nitrogens with zero attached hydrogens (tertiary/aromatic N) is 5. The van der Waals surface area contributed by atoms with Gasteiger partial charge in [0.1, 0.15) is 5.82 Å². The summed E-state index contributed by atoms with van der Waals surface area (Å²) in [5.74, 6) is 1.24. The number of piperidine rings is 1. The van der Waals surface area contributed by atoms with Crippen LogP contribution in [0.3, 0.4) is 0 Å². The quantitative estimate of drug-likeness (QED) is 0.406. The topological polar surface area (TPSA) is 116 Å². The summed E-state index contributed by atoms with van der Waals surface area (Å²) in [6.45, 7) is 1.59. The molecule has 1 saturated heterocycles. The van der Waals surface area contributed by atoms with E-state index in [0.29, 0.717) is 37.0 Å². The standard InChI is InChI=1S/C24H27BN6O3S/c25-21-22(26)31-23(19(13-28-31)17-11-16-3-1-2-4-20(16)27-12-17)29-24(21)34-14-15-7-9-30(10-8-15)35(32,33)18-5-6-18/h1-4,11-13,15,18H,5-10,14,25-26H2. The first-order chi connectivity index (χ1) is 16.9. The molecule has 4 heterocycles. The van der Waals surface area contributed by atoms with E-state index in [-0.39, 0.29) is 11.2 Å². The van der Waals surface area contributed by atoms with E-state index in [2.05, 4.69) is 16.1 Å². The molecule has 2 N–H and O–H groups in total. The Morgan fingerprint density at radius 1 is 1.11 bits per heavy atom. The summed E-state index contributed by atoms with van der Waals surface area (Å²) < 4.78 is 34.4. The Morgan fingerprint density at radius 3 is 2.66 bits per heavy atom. The van der Waals surface area contributed by atoms with Gasteiger partial charge in [-0.15, -0.1) is 0 Å². The van der Waals surface area contributed by atoms with E-state index in [0.717, 1.165) is 53.2 Å². The molecule has 0 amide bonds. The van der Waals surface area contributed by atoms with Crippen molar-refractivity contribution in [2.75, 3.05) is 25.4 Å². The Morgan fingerprint density at radius 2 is 1.89 bits per heavy atom. The van der Waals surface area contributed by atoms with E-state index in [4.69, 9.17) is 15.5 Å². The first-order valence-electron chi connectivity index (χ1n) is 12.0. The van der Waals surface area contributed by atoms with Crippen LogP contribution < -0.4 is 15.9 Å². The molecule has 1 aliphatic heterocycles. The third kappa shape index (κ3) is 4.02. The molecule has 11 heteroatoms. The number of sulfonamides is 1. The molecule has 0 atom stereocenters. The number of aromatic nitrogens is 4. The minimum Gasteiger partial charge on any atom is -0.478 e. The van der Waals surface area contributed by atoms with E-state index in [1.54, 1.807) is 15.0 Å². The van der Waals surface area contributed by atoms with Crippen LogP contribution in [0.1, 0.15) is 25.7 Å². The maximum atomic E-state index is 12.5. The molecule has 2 aliphatic rings. The Kier molecular flexibility index (Phi) is 5.41. The van der Waals surface area contributed by atoms with Crippen LogP contribution in [0.4, 0.5) is 5.82 Å². The van der Waals surface area contributed by atoms with Crippen molar-refractivity contribution in [2.45, 2.75) is 30.9 Å². The van der Waals surface area contributed by atoms with Gasteiger partial charge in [0.25, 0.3) is 0 Å². The van der Waals surface area contributed by atoms with Crippen LogP contribution >= 0.6 is 0 Å². The van der Waals surface area contributed by atoms with Crippen molar-refractivity contribution in [3.8, 4) is 17.0 Å². The number of anilines is 1. The van der Waals surface area contributed by atoms with Gasteiger partial charge in [-0.3, -0.25) is 4.98 Å². The lowest BCUT2D eigenvalue weighted by atomic mass is 9.97. The molecule has 35 heavy (non-hydrogen) atoms. The average Bonchev–Trinajstić information content (AvgIpc) is 3.66. The van der Waals surface area contributed by atoms with Gasteiger partial charge in [-0.1, -0.05) is 18.2 Å². The smallest absolute Gasteiger partial charge is 0.216 e. The number of ether oxygens (including phenoxy) is 1. The first-order valence-corrected chi connectivity index (χ1v) is 13.5. The van der Waals surface area contributed by atoms with Crippen LogP contribution in [0.2, 0.25) is 0 Å². The molecule has 2 fully saturated rings. The van der Waals surface area contributed by atoms with Gasteiger partial charge in [0.15, 0.2) is 13.5 Å². The van der Waals surface area contributed by atoms with Gasteiger partial charge in [-0.05, 0) is 43.7 Å². The first kappa shape index (κ1) is 22.3. The van der Waals surface area contributed by atoms with E-state index in [1.807, 2.05) is 38.3 Å². The summed E-state index contributed by atoms with van der Waals surface area (Å²) >= 11 is 0. The Bertz CT molecular complexity index is 1530. The van der Waals surface area contributed by atoms with E-state index in [1.165, 1.54) is 0 Å². The SMILES string of the molecule is Bc1c(OCC2CCN(S(=O)(=O)C3CC3)CC2)nc2c(-c3cnc4ccccc4c3)cnn2c1N. The van der Waals surface area contributed by atoms with Crippen molar-refractivity contribution in [2.24, 2.45) is 5.92 Å². The van der Waals surface area contributed by atoms with Crippen molar-refractivity contribution < 1.29 is 13.2 Å². The largest absolute Gasteiger partial charge is 0.478 e. The van der Waals surface area contributed by atoms with Gasteiger partial charge < -0.3 is 10.5 Å². The number of para-hydroxylation sites is 1. The molecule has 0 spiro atoms. The molecular formula is C24H27BN6O3S. The molecule has 1 aliphatic carbocycles. The number of rotatable bonds is 6. The Balaban J connectivity index is 1.22. The number of hydrogen-bond acceptors (Lipinski definition) is 7. The summed E-state index contributed by atoms with van der Waals surface area (Å²) in [5, 5.41) is 5.35. The fourth-order valence-electron chi connectivity index (χ4n) is 4.74.